The molecule has 1 fully saturated rings. The molecule has 1 aliphatic heterocycles. The van der Waals surface area contributed by atoms with Crippen molar-refractivity contribution < 1.29 is 18.7 Å². The van der Waals surface area contributed by atoms with E-state index < -0.39 is 17.6 Å². The molecule has 216 valence electrons. The number of hydrogen-bond donors (Lipinski definition) is 2. The Kier molecular flexibility index (Phi) is 9.58. The fourth-order valence-electron chi connectivity index (χ4n) is 4.61. The number of anilines is 1. The van der Waals surface area contributed by atoms with E-state index in [9.17, 15) is 14.0 Å². The second-order valence-corrected chi connectivity index (χ2v) is 11.3. The van der Waals surface area contributed by atoms with Crippen molar-refractivity contribution in [1.82, 2.24) is 15.5 Å². The molecule has 0 aliphatic carbocycles. The second kappa shape index (κ2) is 13.5. The van der Waals surface area contributed by atoms with E-state index in [2.05, 4.69) is 15.5 Å². The molecule has 1 unspecified atom stereocenters. The van der Waals surface area contributed by atoms with Crippen molar-refractivity contribution in [3.63, 3.8) is 0 Å². The first-order valence-corrected chi connectivity index (χ1v) is 14.6. The number of nitrogens with one attached hydrogen (secondary N) is 1. The van der Waals surface area contributed by atoms with Crippen molar-refractivity contribution in [3.05, 3.63) is 111 Å². The van der Waals surface area contributed by atoms with Crippen molar-refractivity contribution in [2.45, 2.75) is 22.4 Å². The largest absolute Gasteiger partial charge is 0.378 e. The number of rotatable bonds is 9. The highest BCUT2D eigenvalue weighted by atomic mass is 35.5. The average Bonchev–Trinajstić information content (AvgIpc) is 2.99. The zero-order valence-electron chi connectivity index (χ0n) is 22.2. The lowest BCUT2D eigenvalue weighted by molar-refractivity contribution is -0.118. The smallest absolute Gasteiger partial charge is 0.251 e. The molecule has 0 bridgehead atoms. The average molecular weight is 627 g/mol. The van der Waals surface area contributed by atoms with Crippen LogP contribution in [-0.4, -0.2) is 48.3 Å². The zero-order valence-corrected chi connectivity index (χ0v) is 24.6. The fraction of sp³-hybridized carbons (Fsp3) is 0.200. The highest BCUT2D eigenvalue weighted by Crippen LogP contribution is 2.36. The number of benzene rings is 3. The molecule has 4 aromatic rings. The van der Waals surface area contributed by atoms with Crippen LogP contribution in [0.1, 0.15) is 33.1 Å². The number of primary amides is 1. The van der Waals surface area contributed by atoms with E-state index in [1.165, 1.54) is 23.9 Å². The van der Waals surface area contributed by atoms with Gasteiger partial charge in [0.2, 0.25) is 5.91 Å². The number of nitrogens with zero attached hydrogens (tertiary/aromatic N) is 3. The van der Waals surface area contributed by atoms with Gasteiger partial charge in [0.25, 0.3) is 5.91 Å². The van der Waals surface area contributed by atoms with Crippen LogP contribution in [0.15, 0.2) is 82.7 Å². The van der Waals surface area contributed by atoms with Crippen LogP contribution in [0.5, 0.6) is 0 Å². The first kappa shape index (κ1) is 29.8. The molecule has 8 nitrogen and oxygen atoms in total. The third-order valence-corrected chi connectivity index (χ3v) is 8.38. The van der Waals surface area contributed by atoms with Gasteiger partial charge in [-0.05, 0) is 54.1 Å². The predicted octanol–water partition coefficient (Wildman–Crippen LogP) is 5.46. The van der Waals surface area contributed by atoms with Crippen LogP contribution in [0.25, 0.3) is 0 Å². The number of nitrogens with two attached hydrogens (primary N) is 1. The van der Waals surface area contributed by atoms with Crippen LogP contribution >= 0.6 is 35.0 Å². The Labute approximate surface area is 256 Å². The summed E-state index contributed by atoms with van der Waals surface area (Å²) >= 11 is 14.0. The molecule has 0 radical (unpaired) electrons. The summed E-state index contributed by atoms with van der Waals surface area (Å²) in [5.41, 5.74) is 8.10. The van der Waals surface area contributed by atoms with Crippen LogP contribution < -0.4 is 16.0 Å². The first-order chi connectivity index (χ1) is 20.3. The number of carbonyl (C=O) groups is 2. The molecule has 1 aromatic heterocycles. The molecular formula is C30H26Cl2FN5O3S. The molecule has 1 aliphatic rings. The summed E-state index contributed by atoms with van der Waals surface area (Å²) < 4.78 is 19.7. The standard InChI is InChI=1S/C30H26Cl2FN5O3S/c31-22-5-3-6-23(32)27(22)28(29(34)39)24-8-9-26(37-36-24)42-25-7-2-1-4-18(25)17-35-30(40)19-14-20(33)16-21(15-19)38-10-12-41-13-11-38/h1-9,14-16,28H,10-13,17H2,(H2,34,39)(H,35,40). The normalized spacial score (nSPS) is 13.9. The van der Waals surface area contributed by atoms with E-state index in [0.29, 0.717) is 58.3 Å². The van der Waals surface area contributed by atoms with Gasteiger partial charge in [-0.25, -0.2) is 4.39 Å². The third kappa shape index (κ3) is 7.01. The van der Waals surface area contributed by atoms with Crippen LogP contribution in [-0.2, 0) is 16.1 Å². The summed E-state index contributed by atoms with van der Waals surface area (Å²) in [6.45, 7) is 2.60. The van der Waals surface area contributed by atoms with Crippen LogP contribution in [0.2, 0.25) is 10.0 Å². The first-order valence-electron chi connectivity index (χ1n) is 13.0. The molecule has 1 atom stereocenters. The fourth-order valence-corrected chi connectivity index (χ4v) is 6.09. The van der Waals surface area contributed by atoms with E-state index in [4.69, 9.17) is 33.7 Å². The molecule has 5 rings (SSSR count). The summed E-state index contributed by atoms with van der Waals surface area (Å²) in [5, 5.41) is 12.6. The topological polar surface area (TPSA) is 110 Å². The number of morpholine rings is 1. The van der Waals surface area contributed by atoms with Gasteiger partial charge < -0.3 is 20.7 Å². The minimum atomic E-state index is -0.966. The van der Waals surface area contributed by atoms with Gasteiger partial charge in [-0.2, -0.15) is 5.10 Å². The molecule has 1 saturated heterocycles. The summed E-state index contributed by atoms with van der Waals surface area (Å²) in [6, 6.07) is 20.2. The summed E-state index contributed by atoms with van der Waals surface area (Å²) in [7, 11) is 0. The lowest BCUT2D eigenvalue weighted by atomic mass is 9.94. The molecule has 3 N–H and O–H groups in total. The lowest BCUT2D eigenvalue weighted by Gasteiger charge is -2.29. The SMILES string of the molecule is NC(=O)C(c1ccc(Sc2ccccc2CNC(=O)c2cc(F)cc(N3CCOCC3)c2)nn1)c1c(Cl)cccc1Cl. The summed E-state index contributed by atoms with van der Waals surface area (Å²) in [5.74, 6) is -2.48. The van der Waals surface area contributed by atoms with Crippen LogP contribution in [0.4, 0.5) is 10.1 Å². The van der Waals surface area contributed by atoms with Gasteiger partial charge in [0, 0.05) is 51.4 Å². The van der Waals surface area contributed by atoms with E-state index in [1.807, 2.05) is 29.2 Å². The molecule has 2 heterocycles. The lowest BCUT2D eigenvalue weighted by Crippen LogP contribution is -2.36. The maximum Gasteiger partial charge on any atom is 0.251 e. The quantitative estimate of drug-likeness (QED) is 0.254. The van der Waals surface area contributed by atoms with Crippen molar-refractivity contribution in [2.24, 2.45) is 5.73 Å². The van der Waals surface area contributed by atoms with Crippen LogP contribution in [0.3, 0.4) is 0 Å². The molecule has 42 heavy (non-hydrogen) atoms. The van der Waals surface area contributed by atoms with Gasteiger partial charge in [-0.15, -0.1) is 5.10 Å². The van der Waals surface area contributed by atoms with Crippen molar-refractivity contribution in [1.29, 1.82) is 0 Å². The second-order valence-electron chi connectivity index (χ2n) is 9.46. The van der Waals surface area contributed by atoms with Gasteiger partial charge in [-0.3, -0.25) is 9.59 Å². The Morgan fingerprint density at radius 3 is 2.43 bits per heavy atom. The molecular weight excluding hydrogens is 600 g/mol. The van der Waals surface area contributed by atoms with E-state index >= 15 is 0 Å². The number of carbonyl (C=O) groups excluding carboxylic acids is 2. The molecule has 0 saturated carbocycles. The molecule has 0 spiro atoms. The van der Waals surface area contributed by atoms with E-state index in [1.54, 1.807) is 36.4 Å². The van der Waals surface area contributed by atoms with Crippen LogP contribution in [0, 0.1) is 5.82 Å². The van der Waals surface area contributed by atoms with Gasteiger partial charge in [0.1, 0.15) is 16.8 Å². The van der Waals surface area contributed by atoms with Gasteiger partial charge >= 0.3 is 0 Å². The monoisotopic (exact) mass is 625 g/mol. The minimum absolute atomic E-state index is 0.214. The zero-order chi connectivity index (χ0) is 29.6. The molecule has 12 heteroatoms. The predicted molar refractivity (Wildman–Crippen MR) is 161 cm³/mol. The van der Waals surface area contributed by atoms with E-state index in [0.717, 1.165) is 10.5 Å². The number of hydrogen-bond acceptors (Lipinski definition) is 7. The van der Waals surface area contributed by atoms with E-state index in [-0.39, 0.29) is 18.0 Å². The Morgan fingerprint density at radius 1 is 1.00 bits per heavy atom. The Bertz CT molecular complexity index is 1580. The van der Waals surface area contributed by atoms with Crippen molar-refractivity contribution in [2.75, 3.05) is 31.2 Å². The maximum atomic E-state index is 14.4. The minimum Gasteiger partial charge on any atom is -0.378 e. The highest BCUT2D eigenvalue weighted by molar-refractivity contribution is 7.99. The van der Waals surface area contributed by atoms with Crippen molar-refractivity contribution in [3.8, 4) is 0 Å². The highest BCUT2D eigenvalue weighted by Gasteiger charge is 2.27. The summed E-state index contributed by atoms with van der Waals surface area (Å²) in [6.07, 6.45) is 0. The Morgan fingerprint density at radius 2 is 1.74 bits per heavy atom. The number of halogens is 3. The summed E-state index contributed by atoms with van der Waals surface area (Å²) in [4.78, 5) is 28.2. The molecule has 3 aromatic carbocycles. The Balaban J connectivity index is 1.29. The Hall–Kier alpha value is -3.70. The third-order valence-electron chi connectivity index (χ3n) is 6.68. The van der Waals surface area contributed by atoms with Gasteiger partial charge in [-0.1, -0.05) is 59.2 Å². The van der Waals surface area contributed by atoms with Crippen molar-refractivity contribution >= 4 is 52.5 Å². The molecule has 2 amide bonds. The van der Waals surface area contributed by atoms with Gasteiger partial charge in [0.05, 0.1) is 18.9 Å². The maximum absolute atomic E-state index is 14.4. The van der Waals surface area contributed by atoms with Gasteiger partial charge in [0.15, 0.2) is 0 Å². The number of ether oxygens (including phenoxy) is 1. The number of aromatic nitrogens is 2. The number of amides is 2.